The second-order valence-electron chi connectivity index (χ2n) is 5.53. The van der Waals surface area contributed by atoms with Crippen LogP contribution in [0.3, 0.4) is 0 Å². The summed E-state index contributed by atoms with van der Waals surface area (Å²) in [6.45, 7) is 8.35. The first kappa shape index (κ1) is 14.5. The van der Waals surface area contributed by atoms with Gasteiger partial charge in [0.25, 0.3) is 0 Å². The van der Waals surface area contributed by atoms with Gasteiger partial charge in [0.15, 0.2) is 0 Å². The van der Waals surface area contributed by atoms with Crippen LogP contribution in [0, 0.1) is 13.8 Å². The van der Waals surface area contributed by atoms with Gasteiger partial charge in [-0.05, 0) is 37.1 Å². The van der Waals surface area contributed by atoms with E-state index >= 15 is 0 Å². The van der Waals surface area contributed by atoms with Crippen LogP contribution in [0.15, 0.2) is 18.5 Å². The molecule has 0 radical (unpaired) electrons. The normalized spacial score (nSPS) is 13.1. The molecule has 2 aromatic rings. The van der Waals surface area contributed by atoms with Crippen molar-refractivity contribution in [1.82, 2.24) is 14.9 Å². The number of aromatic nitrogens is 2. The smallest absolute Gasteiger partial charge is 0.322 e. The molecule has 0 aliphatic heterocycles. The molecule has 0 saturated carbocycles. The van der Waals surface area contributed by atoms with Crippen LogP contribution in [0.1, 0.15) is 25.0 Å². The van der Waals surface area contributed by atoms with E-state index < -0.39 is 12.0 Å². The predicted molar refractivity (Wildman–Crippen MR) is 78.9 cm³/mol. The summed E-state index contributed by atoms with van der Waals surface area (Å²) in [5, 5.41) is 12.4. The molecule has 0 aliphatic rings. The molecule has 2 rings (SSSR count). The molecule has 5 nitrogen and oxygen atoms in total. The van der Waals surface area contributed by atoms with Crippen LogP contribution < -0.4 is 5.32 Å². The zero-order valence-electron chi connectivity index (χ0n) is 12.3. The Morgan fingerprint density at radius 3 is 2.60 bits per heavy atom. The minimum absolute atomic E-state index is 0.120. The summed E-state index contributed by atoms with van der Waals surface area (Å²) in [4.78, 5) is 15.7. The summed E-state index contributed by atoms with van der Waals surface area (Å²) in [5.74, 6) is -0.843. The van der Waals surface area contributed by atoms with Gasteiger partial charge < -0.3 is 15.0 Å². The zero-order chi connectivity index (χ0) is 14.9. The number of carboxylic acids is 1. The average Bonchev–Trinajstić information content (AvgIpc) is 2.71. The van der Waals surface area contributed by atoms with Crippen molar-refractivity contribution in [3.8, 4) is 0 Å². The van der Waals surface area contributed by atoms with Crippen molar-refractivity contribution in [2.75, 3.05) is 0 Å². The highest BCUT2D eigenvalue weighted by Gasteiger charge is 2.19. The van der Waals surface area contributed by atoms with E-state index in [1.807, 2.05) is 38.3 Å². The van der Waals surface area contributed by atoms with Gasteiger partial charge in [-0.25, -0.2) is 4.98 Å². The number of carbonyl (C=O) groups is 1. The quantitative estimate of drug-likeness (QED) is 0.877. The highest BCUT2D eigenvalue weighted by molar-refractivity contribution is 5.78. The molecule has 1 atom stereocenters. The summed E-state index contributed by atoms with van der Waals surface area (Å²) in [7, 11) is 0. The van der Waals surface area contributed by atoms with Crippen molar-refractivity contribution in [1.29, 1.82) is 0 Å². The van der Waals surface area contributed by atoms with Crippen molar-refractivity contribution >= 4 is 17.0 Å². The van der Waals surface area contributed by atoms with Crippen molar-refractivity contribution < 1.29 is 9.90 Å². The molecule has 108 valence electrons. The summed E-state index contributed by atoms with van der Waals surface area (Å²) >= 11 is 0. The Bertz CT molecular complexity index is 631. The van der Waals surface area contributed by atoms with Gasteiger partial charge in [0.05, 0.1) is 23.9 Å². The minimum atomic E-state index is -0.843. The summed E-state index contributed by atoms with van der Waals surface area (Å²) in [5.41, 5.74) is 4.26. The second-order valence-corrected chi connectivity index (χ2v) is 5.53. The molecule has 0 fully saturated rings. The van der Waals surface area contributed by atoms with Crippen LogP contribution >= 0.6 is 0 Å². The molecule has 0 amide bonds. The van der Waals surface area contributed by atoms with E-state index in [2.05, 4.69) is 16.4 Å². The Hall–Kier alpha value is -1.88. The lowest BCUT2D eigenvalue weighted by molar-refractivity contribution is -0.140. The molecule has 1 aromatic heterocycles. The number of carboxylic acid groups (broad SMARTS) is 1. The fourth-order valence-electron chi connectivity index (χ4n) is 2.26. The SMILES string of the molecule is Cc1cc2ncn(CC(NC(C)C)C(=O)O)c2cc1C. The fraction of sp³-hybridized carbons (Fsp3) is 0.467. The standard InChI is InChI=1S/C15H21N3O2/c1-9(2)17-13(15(19)20)7-18-8-16-12-5-10(3)11(4)6-14(12)18/h5-6,8-9,13,17H,7H2,1-4H3,(H,19,20). The zero-order valence-corrected chi connectivity index (χ0v) is 12.3. The van der Waals surface area contributed by atoms with Gasteiger partial charge in [0, 0.05) is 6.04 Å². The molecular weight excluding hydrogens is 254 g/mol. The Morgan fingerprint density at radius 2 is 2.00 bits per heavy atom. The van der Waals surface area contributed by atoms with Gasteiger partial charge in [-0.15, -0.1) is 0 Å². The van der Waals surface area contributed by atoms with E-state index in [1.54, 1.807) is 6.33 Å². The first-order chi connectivity index (χ1) is 9.38. The third kappa shape index (κ3) is 2.99. The number of aryl methyl sites for hydroxylation is 2. The maximum Gasteiger partial charge on any atom is 0.322 e. The van der Waals surface area contributed by atoms with Crippen molar-refractivity contribution in [2.45, 2.75) is 46.3 Å². The third-order valence-corrected chi connectivity index (χ3v) is 3.45. The van der Waals surface area contributed by atoms with Crippen molar-refractivity contribution in [3.05, 3.63) is 29.6 Å². The molecule has 20 heavy (non-hydrogen) atoms. The average molecular weight is 275 g/mol. The lowest BCUT2D eigenvalue weighted by Crippen LogP contribution is -2.43. The fourth-order valence-corrected chi connectivity index (χ4v) is 2.26. The van der Waals surface area contributed by atoms with Crippen LogP contribution in [0.25, 0.3) is 11.0 Å². The molecular formula is C15H21N3O2. The van der Waals surface area contributed by atoms with Gasteiger partial charge in [0.2, 0.25) is 0 Å². The van der Waals surface area contributed by atoms with Gasteiger partial charge in [-0.2, -0.15) is 0 Å². The largest absolute Gasteiger partial charge is 0.480 e. The van der Waals surface area contributed by atoms with Gasteiger partial charge in [-0.3, -0.25) is 4.79 Å². The number of aliphatic carboxylic acids is 1. The first-order valence-corrected chi connectivity index (χ1v) is 6.79. The highest BCUT2D eigenvalue weighted by atomic mass is 16.4. The number of rotatable bonds is 5. The lowest BCUT2D eigenvalue weighted by atomic mass is 10.1. The topological polar surface area (TPSA) is 67.2 Å². The van der Waals surface area contributed by atoms with Crippen LogP contribution in [0.5, 0.6) is 0 Å². The molecule has 0 spiro atoms. The van der Waals surface area contributed by atoms with Gasteiger partial charge >= 0.3 is 5.97 Å². The highest BCUT2D eigenvalue weighted by Crippen LogP contribution is 2.18. The minimum Gasteiger partial charge on any atom is -0.480 e. The Kier molecular flexibility index (Phi) is 4.09. The van der Waals surface area contributed by atoms with Crippen LogP contribution in [-0.2, 0) is 11.3 Å². The monoisotopic (exact) mass is 275 g/mol. The molecule has 1 heterocycles. The van der Waals surface area contributed by atoms with Crippen molar-refractivity contribution in [2.24, 2.45) is 0 Å². The van der Waals surface area contributed by atoms with E-state index in [-0.39, 0.29) is 6.04 Å². The number of fused-ring (bicyclic) bond motifs is 1. The molecule has 5 heteroatoms. The maximum atomic E-state index is 11.3. The van der Waals surface area contributed by atoms with E-state index in [0.29, 0.717) is 6.54 Å². The summed E-state index contributed by atoms with van der Waals surface area (Å²) in [6.07, 6.45) is 1.71. The number of benzene rings is 1. The molecule has 0 bridgehead atoms. The Morgan fingerprint density at radius 1 is 1.35 bits per heavy atom. The summed E-state index contributed by atoms with van der Waals surface area (Å²) in [6, 6.07) is 3.60. The summed E-state index contributed by atoms with van der Waals surface area (Å²) < 4.78 is 1.90. The van der Waals surface area contributed by atoms with Crippen LogP contribution in [-0.4, -0.2) is 32.7 Å². The van der Waals surface area contributed by atoms with Crippen LogP contribution in [0.2, 0.25) is 0 Å². The van der Waals surface area contributed by atoms with Gasteiger partial charge in [0.1, 0.15) is 6.04 Å². The second kappa shape index (κ2) is 5.63. The van der Waals surface area contributed by atoms with E-state index in [4.69, 9.17) is 0 Å². The van der Waals surface area contributed by atoms with Crippen molar-refractivity contribution in [3.63, 3.8) is 0 Å². The van der Waals surface area contributed by atoms with E-state index in [9.17, 15) is 9.90 Å². The maximum absolute atomic E-state index is 11.3. The predicted octanol–water partition coefficient (Wildman–Crippen LogP) is 2.10. The Balaban J connectivity index is 2.33. The number of imidazole rings is 1. The molecule has 2 N–H and O–H groups in total. The first-order valence-electron chi connectivity index (χ1n) is 6.79. The Labute approximate surface area is 118 Å². The van der Waals surface area contributed by atoms with E-state index in [1.165, 1.54) is 11.1 Å². The van der Waals surface area contributed by atoms with Gasteiger partial charge in [-0.1, -0.05) is 13.8 Å². The number of nitrogens with zero attached hydrogens (tertiary/aromatic N) is 2. The molecule has 0 saturated heterocycles. The number of hydrogen-bond acceptors (Lipinski definition) is 3. The number of nitrogens with one attached hydrogen (secondary N) is 1. The van der Waals surface area contributed by atoms with Crippen LogP contribution in [0.4, 0.5) is 0 Å². The lowest BCUT2D eigenvalue weighted by Gasteiger charge is -2.18. The number of hydrogen-bond donors (Lipinski definition) is 2. The third-order valence-electron chi connectivity index (χ3n) is 3.45. The van der Waals surface area contributed by atoms with E-state index in [0.717, 1.165) is 11.0 Å². The molecule has 1 unspecified atom stereocenters. The molecule has 1 aromatic carbocycles. The molecule has 0 aliphatic carbocycles.